The first-order chi connectivity index (χ1) is 10.2. The zero-order valence-corrected chi connectivity index (χ0v) is 13.8. The molecule has 1 amide bonds. The molecule has 114 valence electrons. The van der Waals surface area contributed by atoms with Gasteiger partial charge in [-0.25, -0.2) is 4.98 Å². The van der Waals surface area contributed by atoms with Crippen LogP contribution in [-0.4, -0.2) is 47.9 Å². The van der Waals surface area contributed by atoms with Gasteiger partial charge in [-0.1, -0.05) is 11.6 Å². The zero-order valence-electron chi connectivity index (χ0n) is 11.4. The van der Waals surface area contributed by atoms with E-state index in [4.69, 9.17) is 21.1 Å². The highest BCUT2D eigenvalue weighted by molar-refractivity contribution is 9.10. The van der Waals surface area contributed by atoms with Crippen LogP contribution in [0.15, 0.2) is 16.7 Å². The predicted molar refractivity (Wildman–Crippen MR) is 81.3 cm³/mol. The summed E-state index contributed by atoms with van der Waals surface area (Å²) in [5.74, 6) is -0.113. The Morgan fingerprint density at radius 1 is 1.38 bits per heavy atom. The highest BCUT2D eigenvalue weighted by Crippen LogP contribution is 2.28. The van der Waals surface area contributed by atoms with E-state index >= 15 is 0 Å². The molecule has 0 N–H and O–H groups in total. The fraction of sp³-hybridized carbons (Fsp3) is 0.571. The lowest BCUT2D eigenvalue weighted by Gasteiger charge is -2.38. The quantitative estimate of drug-likeness (QED) is 0.746. The van der Waals surface area contributed by atoms with Crippen molar-refractivity contribution < 1.29 is 14.3 Å². The van der Waals surface area contributed by atoms with Gasteiger partial charge < -0.3 is 14.4 Å². The molecule has 2 fully saturated rings. The van der Waals surface area contributed by atoms with Crippen LogP contribution in [0.3, 0.4) is 0 Å². The largest absolute Gasteiger partial charge is 0.348 e. The second-order valence-corrected chi connectivity index (χ2v) is 6.44. The number of carbonyl (C=O) groups is 1. The summed E-state index contributed by atoms with van der Waals surface area (Å²) in [6.07, 6.45) is 4.19. The molecule has 0 aliphatic carbocycles. The Labute approximate surface area is 136 Å². The Kier molecular flexibility index (Phi) is 4.78. The minimum atomic E-state index is -0.326. The maximum Gasteiger partial charge on any atom is 0.257 e. The number of halogens is 2. The molecule has 2 saturated heterocycles. The lowest BCUT2D eigenvalue weighted by molar-refractivity contribution is -0.100. The van der Waals surface area contributed by atoms with E-state index in [-0.39, 0.29) is 23.4 Å². The standard InChI is InChI=1S/C14H16BrClN2O3/c15-9-7-10(12(16)17-8-9)13(19)18-4-2-1-3-11(18)14-20-5-6-21-14/h7-8,11,14H,1-6H2. The van der Waals surface area contributed by atoms with Crippen molar-refractivity contribution in [1.82, 2.24) is 9.88 Å². The average molecular weight is 376 g/mol. The minimum absolute atomic E-state index is 0.0520. The van der Waals surface area contributed by atoms with Gasteiger partial charge in [-0.2, -0.15) is 0 Å². The van der Waals surface area contributed by atoms with Gasteiger partial charge in [0, 0.05) is 17.2 Å². The molecule has 0 bridgehead atoms. The second-order valence-electron chi connectivity index (χ2n) is 5.16. The van der Waals surface area contributed by atoms with Gasteiger partial charge in [-0.15, -0.1) is 0 Å². The van der Waals surface area contributed by atoms with Crippen LogP contribution in [0, 0.1) is 0 Å². The number of ether oxygens (including phenoxy) is 2. The summed E-state index contributed by atoms with van der Waals surface area (Å²) < 4.78 is 11.9. The molecule has 2 aliphatic heterocycles. The summed E-state index contributed by atoms with van der Waals surface area (Å²) in [5.41, 5.74) is 0.413. The van der Waals surface area contributed by atoms with Gasteiger partial charge in [0.1, 0.15) is 5.15 Å². The van der Waals surface area contributed by atoms with E-state index in [0.29, 0.717) is 25.3 Å². The van der Waals surface area contributed by atoms with E-state index in [1.165, 1.54) is 0 Å². The van der Waals surface area contributed by atoms with Crippen molar-refractivity contribution >= 4 is 33.4 Å². The number of aromatic nitrogens is 1. The van der Waals surface area contributed by atoms with Crippen molar-refractivity contribution in [1.29, 1.82) is 0 Å². The molecule has 1 atom stereocenters. The molecule has 5 nitrogen and oxygen atoms in total. The first kappa shape index (κ1) is 15.2. The number of piperidine rings is 1. The Morgan fingerprint density at radius 3 is 2.90 bits per heavy atom. The van der Waals surface area contributed by atoms with Gasteiger partial charge in [0.2, 0.25) is 0 Å². The number of hydrogen-bond acceptors (Lipinski definition) is 4. The molecule has 3 heterocycles. The Hall–Kier alpha value is -0.690. The predicted octanol–water partition coefficient (Wildman–Crippen LogP) is 2.87. The van der Waals surface area contributed by atoms with Crippen LogP contribution < -0.4 is 0 Å². The Morgan fingerprint density at radius 2 is 2.14 bits per heavy atom. The molecule has 0 radical (unpaired) electrons. The summed E-state index contributed by atoms with van der Waals surface area (Å²) in [7, 11) is 0. The highest BCUT2D eigenvalue weighted by Gasteiger charge is 2.37. The van der Waals surface area contributed by atoms with Crippen molar-refractivity contribution in [2.24, 2.45) is 0 Å². The normalized spacial score (nSPS) is 23.5. The van der Waals surface area contributed by atoms with Crippen LogP contribution in [0.4, 0.5) is 0 Å². The Balaban J connectivity index is 1.85. The second kappa shape index (κ2) is 6.60. The van der Waals surface area contributed by atoms with Crippen LogP contribution in [0.1, 0.15) is 29.6 Å². The first-order valence-corrected chi connectivity index (χ1v) is 8.19. The van der Waals surface area contributed by atoms with E-state index in [1.807, 2.05) is 4.90 Å². The lowest BCUT2D eigenvalue weighted by Crippen LogP contribution is -2.50. The fourth-order valence-electron chi connectivity index (χ4n) is 2.82. The summed E-state index contributed by atoms with van der Waals surface area (Å²) in [6, 6.07) is 1.66. The van der Waals surface area contributed by atoms with Crippen LogP contribution in [0.5, 0.6) is 0 Å². The van der Waals surface area contributed by atoms with Crippen molar-refractivity contribution in [3.8, 4) is 0 Å². The molecule has 1 unspecified atom stereocenters. The van der Waals surface area contributed by atoms with Gasteiger partial charge in [-0.3, -0.25) is 4.79 Å². The number of hydrogen-bond donors (Lipinski definition) is 0. The fourth-order valence-corrected chi connectivity index (χ4v) is 3.33. The molecule has 3 rings (SSSR count). The van der Waals surface area contributed by atoms with Crippen LogP contribution in [0.25, 0.3) is 0 Å². The molecule has 21 heavy (non-hydrogen) atoms. The zero-order chi connectivity index (χ0) is 14.8. The number of carbonyl (C=O) groups excluding carboxylic acids is 1. The molecule has 2 aliphatic rings. The highest BCUT2D eigenvalue weighted by atomic mass is 79.9. The molecule has 0 spiro atoms. The monoisotopic (exact) mass is 374 g/mol. The number of pyridine rings is 1. The van der Waals surface area contributed by atoms with Crippen molar-refractivity contribution in [3.05, 3.63) is 27.5 Å². The van der Waals surface area contributed by atoms with E-state index in [0.717, 1.165) is 23.7 Å². The van der Waals surface area contributed by atoms with E-state index in [9.17, 15) is 4.79 Å². The third kappa shape index (κ3) is 3.23. The molecule has 0 saturated carbocycles. The number of nitrogens with zero attached hydrogens (tertiary/aromatic N) is 2. The van der Waals surface area contributed by atoms with Crippen LogP contribution in [-0.2, 0) is 9.47 Å². The molecule has 1 aromatic heterocycles. The third-order valence-electron chi connectivity index (χ3n) is 3.81. The van der Waals surface area contributed by atoms with E-state index in [1.54, 1.807) is 12.3 Å². The van der Waals surface area contributed by atoms with E-state index < -0.39 is 0 Å². The summed E-state index contributed by atoms with van der Waals surface area (Å²) in [4.78, 5) is 18.6. The third-order valence-corrected chi connectivity index (χ3v) is 4.54. The van der Waals surface area contributed by atoms with Gasteiger partial charge in [0.05, 0.1) is 24.8 Å². The van der Waals surface area contributed by atoms with Gasteiger partial charge in [0.25, 0.3) is 5.91 Å². The minimum Gasteiger partial charge on any atom is -0.348 e. The maximum absolute atomic E-state index is 12.8. The number of likely N-dealkylation sites (tertiary alicyclic amines) is 1. The molecule has 1 aromatic rings. The average Bonchev–Trinajstić information content (AvgIpc) is 3.03. The van der Waals surface area contributed by atoms with Gasteiger partial charge in [-0.05, 0) is 41.3 Å². The summed E-state index contributed by atoms with van der Waals surface area (Å²) in [6.45, 7) is 1.86. The maximum atomic E-state index is 12.8. The molecular formula is C14H16BrClN2O3. The summed E-state index contributed by atoms with van der Waals surface area (Å²) in [5, 5.41) is 0.223. The van der Waals surface area contributed by atoms with Crippen molar-refractivity contribution in [3.63, 3.8) is 0 Å². The molecular weight excluding hydrogens is 360 g/mol. The smallest absolute Gasteiger partial charge is 0.257 e. The molecule has 7 heteroatoms. The lowest BCUT2D eigenvalue weighted by atomic mass is 10.0. The van der Waals surface area contributed by atoms with Crippen molar-refractivity contribution in [2.45, 2.75) is 31.6 Å². The van der Waals surface area contributed by atoms with Gasteiger partial charge in [0.15, 0.2) is 6.29 Å². The van der Waals surface area contributed by atoms with Crippen LogP contribution in [0.2, 0.25) is 5.15 Å². The van der Waals surface area contributed by atoms with Gasteiger partial charge >= 0.3 is 0 Å². The first-order valence-electron chi connectivity index (χ1n) is 7.02. The summed E-state index contributed by atoms with van der Waals surface area (Å²) >= 11 is 9.40. The van der Waals surface area contributed by atoms with Crippen LogP contribution >= 0.6 is 27.5 Å². The topological polar surface area (TPSA) is 51.7 Å². The number of amides is 1. The van der Waals surface area contributed by atoms with Crippen molar-refractivity contribution in [2.75, 3.05) is 19.8 Å². The Bertz CT molecular complexity index is 537. The number of rotatable bonds is 2. The SMILES string of the molecule is O=C(c1cc(Br)cnc1Cl)N1CCCCC1C1OCCO1. The van der Waals surface area contributed by atoms with E-state index in [2.05, 4.69) is 20.9 Å². The molecule has 0 aromatic carbocycles.